The van der Waals surface area contributed by atoms with Gasteiger partial charge in [0.2, 0.25) is 0 Å². The van der Waals surface area contributed by atoms with Crippen LogP contribution < -0.4 is 10.1 Å². The number of phenols is 1. The molecule has 0 heterocycles. The molecule has 0 atom stereocenters. The Hall–Kier alpha value is -2.23. The third-order valence-corrected chi connectivity index (χ3v) is 2.85. The lowest BCUT2D eigenvalue weighted by atomic mass is 10.2. The summed E-state index contributed by atoms with van der Waals surface area (Å²) < 4.78 is 18.6. The fourth-order valence-corrected chi connectivity index (χ4v) is 1.78. The van der Waals surface area contributed by atoms with Crippen LogP contribution in [0.25, 0.3) is 0 Å². The summed E-state index contributed by atoms with van der Waals surface area (Å²) in [6.45, 7) is 3.12. The molecule has 106 valence electrons. The molecule has 0 spiro atoms. The lowest BCUT2D eigenvalue weighted by Gasteiger charge is -2.09. The van der Waals surface area contributed by atoms with Crippen molar-refractivity contribution in [1.82, 2.24) is 0 Å². The zero-order valence-electron chi connectivity index (χ0n) is 11.4. The number of rotatable bonds is 6. The summed E-state index contributed by atoms with van der Waals surface area (Å²) in [4.78, 5) is 0. The highest BCUT2D eigenvalue weighted by atomic mass is 19.1. The van der Waals surface area contributed by atoms with Crippen LogP contribution in [0.5, 0.6) is 11.5 Å². The molecule has 0 fully saturated rings. The number of phenolic OH excluding ortho intramolecular Hbond substituents is 1. The van der Waals surface area contributed by atoms with E-state index >= 15 is 0 Å². The third-order valence-electron chi connectivity index (χ3n) is 2.85. The maximum absolute atomic E-state index is 13.1. The summed E-state index contributed by atoms with van der Waals surface area (Å²) in [6, 6.07) is 11.4. The molecule has 0 amide bonds. The molecule has 0 saturated carbocycles. The van der Waals surface area contributed by atoms with Gasteiger partial charge in [-0.15, -0.1) is 0 Å². The van der Waals surface area contributed by atoms with E-state index in [0.29, 0.717) is 18.7 Å². The normalized spacial score (nSPS) is 10.3. The molecule has 0 saturated heterocycles. The van der Waals surface area contributed by atoms with Crippen LogP contribution in [0.15, 0.2) is 42.5 Å². The number of hydrogen-bond acceptors (Lipinski definition) is 3. The van der Waals surface area contributed by atoms with Crippen LogP contribution >= 0.6 is 0 Å². The summed E-state index contributed by atoms with van der Waals surface area (Å²) in [5, 5.41) is 12.8. The highest BCUT2D eigenvalue weighted by molar-refractivity contribution is 5.47. The molecule has 2 rings (SSSR count). The molecule has 20 heavy (non-hydrogen) atoms. The molecule has 2 aromatic rings. The van der Waals surface area contributed by atoms with Crippen LogP contribution in [0.2, 0.25) is 0 Å². The Bertz CT molecular complexity index is 555. The van der Waals surface area contributed by atoms with Crippen LogP contribution in [0, 0.1) is 5.82 Å². The van der Waals surface area contributed by atoms with E-state index in [1.807, 2.05) is 24.3 Å². The minimum atomic E-state index is -0.358. The standard InChI is InChI=1S/C16H18FNO2/c1-2-9-20-15-6-4-14(5-7-15)18-11-12-10-13(17)3-8-16(12)19/h3-8,10,18-19H,2,9,11H2,1H3. The summed E-state index contributed by atoms with van der Waals surface area (Å²) in [6.07, 6.45) is 0.971. The lowest BCUT2D eigenvalue weighted by Crippen LogP contribution is -2.00. The van der Waals surface area contributed by atoms with Crippen LogP contribution in [0.4, 0.5) is 10.1 Å². The van der Waals surface area contributed by atoms with Crippen molar-refractivity contribution in [3.05, 3.63) is 53.8 Å². The van der Waals surface area contributed by atoms with Crippen molar-refractivity contribution in [2.24, 2.45) is 0 Å². The third kappa shape index (κ3) is 3.88. The minimum absolute atomic E-state index is 0.0850. The molecule has 0 aromatic heterocycles. The van der Waals surface area contributed by atoms with Crippen molar-refractivity contribution in [3.8, 4) is 11.5 Å². The summed E-state index contributed by atoms with van der Waals surface area (Å²) in [5.74, 6) is 0.552. The van der Waals surface area contributed by atoms with Gasteiger partial charge in [-0.1, -0.05) is 6.92 Å². The van der Waals surface area contributed by atoms with Crippen molar-refractivity contribution in [3.63, 3.8) is 0 Å². The van der Waals surface area contributed by atoms with Gasteiger partial charge in [-0.25, -0.2) is 4.39 Å². The fourth-order valence-electron chi connectivity index (χ4n) is 1.78. The highest BCUT2D eigenvalue weighted by Crippen LogP contribution is 2.21. The average Bonchev–Trinajstić information content (AvgIpc) is 2.47. The second-order valence-corrected chi connectivity index (χ2v) is 4.50. The zero-order chi connectivity index (χ0) is 14.4. The molecule has 0 unspecified atom stereocenters. The lowest BCUT2D eigenvalue weighted by molar-refractivity contribution is 0.317. The Balaban J connectivity index is 1.95. The quantitative estimate of drug-likeness (QED) is 0.839. The Morgan fingerprint density at radius 3 is 2.60 bits per heavy atom. The van der Waals surface area contributed by atoms with E-state index in [2.05, 4.69) is 12.2 Å². The second-order valence-electron chi connectivity index (χ2n) is 4.50. The molecule has 0 aliphatic heterocycles. The Morgan fingerprint density at radius 1 is 1.15 bits per heavy atom. The van der Waals surface area contributed by atoms with Crippen molar-refractivity contribution in [1.29, 1.82) is 0 Å². The smallest absolute Gasteiger partial charge is 0.123 e. The van der Waals surface area contributed by atoms with Gasteiger partial charge in [-0.2, -0.15) is 0 Å². The number of nitrogens with one attached hydrogen (secondary N) is 1. The average molecular weight is 275 g/mol. The first kappa shape index (κ1) is 14.2. The Labute approximate surface area is 118 Å². The number of halogens is 1. The second kappa shape index (κ2) is 6.80. The van der Waals surface area contributed by atoms with Gasteiger partial charge in [-0.05, 0) is 48.9 Å². The van der Waals surface area contributed by atoms with Crippen molar-refractivity contribution in [2.45, 2.75) is 19.9 Å². The highest BCUT2D eigenvalue weighted by Gasteiger charge is 2.03. The molecule has 0 aliphatic carbocycles. The fraction of sp³-hybridized carbons (Fsp3) is 0.250. The van der Waals surface area contributed by atoms with Gasteiger partial charge in [0.05, 0.1) is 6.61 Å². The first-order valence-corrected chi connectivity index (χ1v) is 6.63. The van der Waals surface area contributed by atoms with Crippen LogP contribution in [-0.4, -0.2) is 11.7 Å². The minimum Gasteiger partial charge on any atom is -0.508 e. The molecular weight excluding hydrogens is 257 g/mol. The van der Waals surface area contributed by atoms with E-state index in [1.54, 1.807) is 0 Å². The van der Waals surface area contributed by atoms with Gasteiger partial charge < -0.3 is 15.2 Å². The van der Waals surface area contributed by atoms with Gasteiger partial charge in [-0.3, -0.25) is 0 Å². The first-order chi connectivity index (χ1) is 9.69. The van der Waals surface area contributed by atoms with Gasteiger partial charge in [0, 0.05) is 17.8 Å². The maximum Gasteiger partial charge on any atom is 0.123 e. The van der Waals surface area contributed by atoms with Crippen LogP contribution in [0.3, 0.4) is 0 Å². The van der Waals surface area contributed by atoms with Crippen LogP contribution in [0.1, 0.15) is 18.9 Å². The van der Waals surface area contributed by atoms with Crippen LogP contribution in [-0.2, 0) is 6.54 Å². The van der Waals surface area contributed by atoms with E-state index in [1.165, 1.54) is 18.2 Å². The number of hydrogen-bond donors (Lipinski definition) is 2. The van der Waals surface area contributed by atoms with E-state index < -0.39 is 0 Å². The molecule has 0 radical (unpaired) electrons. The van der Waals surface area contributed by atoms with E-state index in [4.69, 9.17) is 4.74 Å². The number of ether oxygens (including phenoxy) is 1. The topological polar surface area (TPSA) is 41.5 Å². The predicted molar refractivity (Wildman–Crippen MR) is 77.6 cm³/mol. The zero-order valence-corrected chi connectivity index (χ0v) is 11.4. The first-order valence-electron chi connectivity index (χ1n) is 6.63. The van der Waals surface area contributed by atoms with Gasteiger partial charge in [0.1, 0.15) is 17.3 Å². The SMILES string of the molecule is CCCOc1ccc(NCc2cc(F)ccc2O)cc1. The maximum atomic E-state index is 13.1. The molecule has 2 aromatic carbocycles. The summed E-state index contributed by atoms with van der Waals surface area (Å²) >= 11 is 0. The largest absolute Gasteiger partial charge is 0.508 e. The monoisotopic (exact) mass is 275 g/mol. The molecule has 3 nitrogen and oxygen atoms in total. The van der Waals surface area contributed by atoms with E-state index in [0.717, 1.165) is 17.9 Å². The number of benzene rings is 2. The number of aromatic hydroxyl groups is 1. The van der Waals surface area contributed by atoms with Crippen molar-refractivity contribution in [2.75, 3.05) is 11.9 Å². The van der Waals surface area contributed by atoms with E-state index in [-0.39, 0.29) is 11.6 Å². The van der Waals surface area contributed by atoms with Crippen molar-refractivity contribution >= 4 is 5.69 Å². The Kier molecular flexibility index (Phi) is 4.82. The molecular formula is C16H18FNO2. The molecule has 0 aliphatic rings. The molecule has 2 N–H and O–H groups in total. The molecule has 4 heteroatoms. The summed E-state index contributed by atoms with van der Waals surface area (Å²) in [5.41, 5.74) is 1.41. The van der Waals surface area contributed by atoms with Gasteiger partial charge in [0.25, 0.3) is 0 Å². The number of anilines is 1. The van der Waals surface area contributed by atoms with E-state index in [9.17, 15) is 9.50 Å². The van der Waals surface area contributed by atoms with Gasteiger partial charge in [0.15, 0.2) is 0 Å². The van der Waals surface area contributed by atoms with Gasteiger partial charge >= 0.3 is 0 Å². The molecule has 0 bridgehead atoms. The Morgan fingerprint density at radius 2 is 1.90 bits per heavy atom. The summed E-state index contributed by atoms with van der Waals surface area (Å²) in [7, 11) is 0. The predicted octanol–water partition coefficient (Wildman–Crippen LogP) is 3.93. The van der Waals surface area contributed by atoms with Crippen molar-refractivity contribution < 1.29 is 14.2 Å².